The third-order valence-corrected chi connectivity index (χ3v) is 4.78. The molecule has 3 aromatic rings. The van der Waals surface area contributed by atoms with Gasteiger partial charge in [0.05, 0.1) is 0 Å². The van der Waals surface area contributed by atoms with Crippen LogP contribution in [-0.2, 0) is 16.1 Å². The van der Waals surface area contributed by atoms with Crippen LogP contribution >= 0.6 is 0 Å². The summed E-state index contributed by atoms with van der Waals surface area (Å²) in [7, 11) is 1.52. The Morgan fingerprint density at radius 3 is 2.45 bits per heavy atom. The van der Waals surface area contributed by atoms with Crippen molar-refractivity contribution in [2.45, 2.75) is 19.5 Å². The second kappa shape index (κ2) is 9.19. The zero-order chi connectivity index (χ0) is 20.8. The number of fused-ring (bicyclic) bond motifs is 1. The van der Waals surface area contributed by atoms with Gasteiger partial charge in [-0.2, -0.15) is 0 Å². The Labute approximate surface area is 169 Å². The molecule has 0 heterocycles. The summed E-state index contributed by atoms with van der Waals surface area (Å²) < 4.78 is 19.0. The Morgan fingerprint density at radius 2 is 1.72 bits per heavy atom. The molecule has 150 valence electrons. The lowest BCUT2D eigenvalue weighted by molar-refractivity contribution is -0.142. The predicted molar refractivity (Wildman–Crippen MR) is 110 cm³/mol. The van der Waals surface area contributed by atoms with Gasteiger partial charge in [-0.3, -0.25) is 9.59 Å². The smallest absolute Gasteiger partial charge is 0.261 e. The average Bonchev–Trinajstić information content (AvgIpc) is 2.76. The number of hydrogen-bond donors (Lipinski definition) is 1. The molecule has 0 aliphatic carbocycles. The molecule has 3 rings (SSSR count). The van der Waals surface area contributed by atoms with Crippen molar-refractivity contribution < 1.29 is 18.7 Å². The van der Waals surface area contributed by atoms with Crippen LogP contribution in [-0.4, -0.2) is 36.4 Å². The maximum Gasteiger partial charge on any atom is 0.261 e. The summed E-state index contributed by atoms with van der Waals surface area (Å²) in [6.07, 6.45) is 0. The molecular formula is C23H23FN2O3. The Morgan fingerprint density at radius 1 is 1.03 bits per heavy atom. The average molecular weight is 394 g/mol. The molecule has 0 aliphatic rings. The summed E-state index contributed by atoms with van der Waals surface area (Å²) in [4.78, 5) is 26.5. The fourth-order valence-electron chi connectivity index (χ4n) is 3.12. The second-order valence-electron chi connectivity index (χ2n) is 6.70. The number of carbonyl (C=O) groups is 2. The van der Waals surface area contributed by atoms with Gasteiger partial charge in [-0.15, -0.1) is 0 Å². The highest BCUT2D eigenvalue weighted by atomic mass is 19.1. The lowest BCUT2D eigenvalue weighted by atomic mass is 10.1. The number of ether oxygens (including phenoxy) is 1. The van der Waals surface area contributed by atoms with Crippen molar-refractivity contribution in [1.82, 2.24) is 10.2 Å². The van der Waals surface area contributed by atoms with Crippen LogP contribution in [0.5, 0.6) is 5.75 Å². The molecule has 0 radical (unpaired) electrons. The van der Waals surface area contributed by atoms with E-state index in [2.05, 4.69) is 5.32 Å². The number of halogens is 1. The van der Waals surface area contributed by atoms with Crippen LogP contribution in [0.1, 0.15) is 12.5 Å². The van der Waals surface area contributed by atoms with Gasteiger partial charge in [-0.05, 0) is 36.1 Å². The van der Waals surface area contributed by atoms with Gasteiger partial charge in [0.15, 0.2) is 6.61 Å². The number of nitrogens with zero attached hydrogens (tertiary/aromatic N) is 1. The number of rotatable bonds is 7. The van der Waals surface area contributed by atoms with Gasteiger partial charge in [-0.1, -0.05) is 48.5 Å². The molecule has 0 saturated heterocycles. The molecule has 29 heavy (non-hydrogen) atoms. The largest absolute Gasteiger partial charge is 0.483 e. The minimum Gasteiger partial charge on any atom is -0.483 e. The first kappa shape index (κ1) is 20.3. The third kappa shape index (κ3) is 4.90. The van der Waals surface area contributed by atoms with Crippen LogP contribution in [0.4, 0.5) is 4.39 Å². The summed E-state index contributed by atoms with van der Waals surface area (Å²) >= 11 is 0. The Bertz CT molecular complexity index is 999. The van der Waals surface area contributed by atoms with E-state index in [1.54, 1.807) is 19.1 Å². The van der Waals surface area contributed by atoms with Crippen LogP contribution in [0, 0.1) is 5.82 Å². The third-order valence-electron chi connectivity index (χ3n) is 4.78. The molecule has 1 atom stereocenters. The number of nitrogens with one attached hydrogen (secondary N) is 1. The molecule has 0 saturated carbocycles. The van der Waals surface area contributed by atoms with Crippen molar-refractivity contribution in [3.63, 3.8) is 0 Å². The van der Waals surface area contributed by atoms with Crippen molar-refractivity contribution in [2.75, 3.05) is 13.7 Å². The summed E-state index contributed by atoms with van der Waals surface area (Å²) in [6, 6.07) is 18.5. The molecule has 0 aliphatic heterocycles. The maximum absolute atomic E-state index is 13.2. The number of likely N-dealkylation sites (N-methyl/N-ethyl adjacent to an activating group) is 1. The summed E-state index contributed by atoms with van der Waals surface area (Å²) in [6.45, 7) is 1.61. The van der Waals surface area contributed by atoms with E-state index in [-0.39, 0.29) is 30.8 Å². The molecular weight excluding hydrogens is 371 g/mol. The van der Waals surface area contributed by atoms with E-state index in [1.165, 1.54) is 24.1 Å². The minimum atomic E-state index is -0.700. The Kier molecular flexibility index (Phi) is 6.44. The zero-order valence-electron chi connectivity index (χ0n) is 16.4. The van der Waals surface area contributed by atoms with Crippen LogP contribution in [0.25, 0.3) is 10.8 Å². The van der Waals surface area contributed by atoms with Gasteiger partial charge in [-0.25, -0.2) is 4.39 Å². The van der Waals surface area contributed by atoms with Gasteiger partial charge in [0.25, 0.3) is 5.91 Å². The fraction of sp³-hybridized carbons (Fsp3) is 0.217. The SMILES string of the molecule is CNC(=O)C(C)N(Cc1ccc(F)cc1)C(=O)COc1cccc2ccccc12. The van der Waals surface area contributed by atoms with Crippen molar-refractivity contribution in [1.29, 1.82) is 0 Å². The van der Waals surface area contributed by atoms with Crippen molar-refractivity contribution in [2.24, 2.45) is 0 Å². The minimum absolute atomic E-state index is 0.173. The van der Waals surface area contributed by atoms with Gasteiger partial charge >= 0.3 is 0 Å². The van der Waals surface area contributed by atoms with E-state index in [1.807, 2.05) is 42.5 Å². The van der Waals surface area contributed by atoms with Crippen LogP contribution in [0.3, 0.4) is 0 Å². The summed E-state index contributed by atoms with van der Waals surface area (Å²) in [5.41, 5.74) is 0.723. The number of benzene rings is 3. The first-order valence-corrected chi connectivity index (χ1v) is 9.35. The molecule has 1 N–H and O–H groups in total. The predicted octanol–water partition coefficient (Wildman–Crippen LogP) is 3.52. The molecule has 0 bridgehead atoms. The van der Waals surface area contributed by atoms with Gasteiger partial charge in [0.1, 0.15) is 17.6 Å². The second-order valence-corrected chi connectivity index (χ2v) is 6.70. The van der Waals surface area contributed by atoms with Gasteiger partial charge in [0, 0.05) is 19.0 Å². The van der Waals surface area contributed by atoms with Crippen molar-refractivity contribution in [3.05, 3.63) is 78.1 Å². The number of hydrogen-bond acceptors (Lipinski definition) is 3. The standard InChI is InChI=1S/C23H23FN2O3/c1-16(23(28)25-2)26(14-17-10-12-19(24)13-11-17)22(27)15-29-21-9-5-7-18-6-3-4-8-20(18)21/h3-13,16H,14-15H2,1-2H3,(H,25,28). The first-order valence-electron chi connectivity index (χ1n) is 9.35. The van der Waals surface area contributed by atoms with Gasteiger partial charge in [0.2, 0.25) is 5.91 Å². The molecule has 2 amide bonds. The molecule has 0 spiro atoms. The topological polar surface area (TPSA) is 58.6 Å². The molecule has 3 aromatic carbocycles. The van der Waals surface area contributed by atoms with Gasteiger partial charge < -0.3 is 15.0 Å². The van der Waals surface area contributed by atoms with E-state index in [0.29, 0.717) is 5.75 Å². The number of amides is 2. The van der Waals surface area contributed by atoms with E-state index < -0.39 is 6.04 Å². The summed E-state index contributed by atoms with van der Waals surface area (Å²) in [5.74, 6) is -0.375. The first-order chi connectivity index (χ1) is 14.0. The van der Waals surface area contributed by atoms with Crippen LogP contribution in [0.2, 0.25) is 0 Å². The molecule has 5 nitrogen and oxygen atoms in total. The lowest BCUT2D eigenvalue weighted by Crippen LogP contribution is -2.48. The normalized spacial score (nSPS) is 11.7. The molecule has 0 aromatic heterocycles. The number of carbonyl (C=O) groups excluding carboxylic acids is 2. The molecule has 0 fully saturated rings. The summed E-state index contributed by atoms with van der Waals surface area (Å²) in [5, 5.41) is 4.48. The van der Waals surface area contributed by atoms with E-state index >= 15 is 0 Å². The monoisotopic (exact) mass is 394 g/mol. The van der Waals surface area contributed by atoms with E-state index in [4.69, 9.17) is 4.74 Å². The highest BCUT2D eigenvalue weighted by molar-refractivity contribution is 5.90. The maximum atomic E-state index is 13.2. The fourth-order valence-corrected chi connectivity index (χ4v) is 3.12. The van der Waals surface area contributed by atoms with Crippen molar-refractivity contribution >= 4 is 22.6 Å². The highest BCUT2D eigenvalue weighted by Gasteiger charge is 2.26. The Hall–Kier alpha value is -3.41. The molecule has 1 unspecified atom stereocenters. The van der Waals surface area contributed by atoms with Crippen LogP contribution < -0.4 is 10.1 Å². The zero-order valence-corrected chi connectivity index (χ0v) is 16.4. The Balaban J connectivity index is 1.78. The quantitative estimate of drug-likeness (QED) is 0.667. The molecule has 6 heteroatoms. The van der Waals surface area contributed by atoms with E-state index in [0.717, 1.165) is 16.3 Å². The highest BCUT2D eigenvalue weighted by Crippen LogP contribution is 2.25. The van der Waals surface area contributed by atoms with E-state index in [9.17, 15) is 14.0 Å². The van der Waals surface area contributed by atoms with Crippen molar-refractivity contribution in [3.8, 4) is 5.75 Å². The van der Waals surface area contributed by atoms with Crippen LogP contribution in [0.15, 0.2) is 66.7 Å². The lowest BCUT2D eigenvalue weighted by Gasteiger charge is -2.28.